The van der Waals surface area contributed by atoms with E-state index in [2.05, 4.69) is 15.4 Å². The molecule has 0 fully saturated rings. The van der Waals surface area contributed by atoms with E-state index in [1.165, 1.54) is 11.6 Å². The second-order valence-electron chi connectivity index (χ2n) is 6.36. The van der Waals surface area contributed by atoms with Crippen molar-refractivity contribution in [3.63, 3.8) is 0 Å². The molecule has 0 aliphatic carbocycles. The lowest BCUT2D eigenvalue weighted by atomic mass is 10.1. The largest absolute Gasteiger partial charge is 0.324 e. The van der Waals surface area contributed by atoms with Gasteiger partial charge >= 0.3 is 0 Å². The Labute approximate surface area is 165 Å². The zero-order valence-corrected chi connectivity index (χ0v) is 16.0. The first-order chi connectivity index (χ1) is 13.8. The van der Waals surface area contributed by atoms with Crippen molar-refractivity contribution in [2.24, 2.45) is 0 Å². The van der Waals surface area contributed by atoms with Crippen LogP contribution >= 0.6 is 0 Å². The molecule has 1 aromatic heterocycles. The lowest BCUT2D eigenvalue weighted by Crippen LogP contribution is -2.20. The molecule has 0 spiro atoms. The van der Waals surface area contributed by atoms with E-state index in [1.807, 2.05) is 13.0 Å². The van der Waals surface area contributed by atoms with Gasteiger partial charge in [0.1, 0.15) is 31.2 Å². The zero-order chi connectivity index (χ0) is 21.4. The molecule has 0 radical (unpaired) electrons. The number of halogens is 3. The smallest absolute Gasteiger partial charge is 0.293 e. The van der Waals surface area contributed by atoms with Crippen LogP contribution < -0.4 is 10.9 Å². The van der Waals surface area contributed by atoms with Crippen LogP contribution in [0.1, 0.15) is 18.1 Å². The number of hydrogen-bond donors (Lipinski definition) is 1. The molecule has 0 bridgehead atoms. The minimum absolute atomic E-state index is 0.0511. The van der Waals surface area contributed by atoms with Crippen molar-refractivity contribution in [1.82, 2.24) is 14.8 Å². The van der Waals surface area contributed by atoms with E-state index >= 15 is 0 Å². The topological polar surface area (TPSA) is 76.9 Å². The quantitative estimate of drug-likeness (QED) is 0.509. The number of aryl methyl sites for hydroxylation is 1. The van der Waals surface area contributed by atoms with E-state index in [0.29, 0.717) is 5.69 Å². The summed E-state index contributed by atoms with van der Waals surface area (Å²) in [6.45, 7) is 1.61. The summed E-state index contributed by atoms with van der Waals surface area (Å²) in [5.41, 5.74) is 1.77. The Hall–Kier alpha value is -3.23. The van der Waals surface area contributed by atoms with Gasteiger partial charge in [-0.1, -0.05) is 12.1 Å². The van der Waals surface area contributed by atoms with Crippen LogP contribution in [-0.2, 0) is 17.8 Å². The summed E-state index contributed by atoms with van der Waals surface area (Å²) in [5.74, 6) is -1.00. The van der Waals surface area contributed by atoms with Gasteiger partial charge in [-0.3, -0.25) is 4.79 Å². The van der Waals surface area contributed by atoms with Gasteiger partial charge in [-0.25, -0.2) is 17.9 Å². The molecule has 0 amide bonds. The van der Waals surface area contributed by atoms with E-state index in [9.17, 15) is 22.8 Å². The lowest BCUT2D eigenvalue weighted by Gasteiger charge is -2.15. The van der Waals surface area contributed by atoms with Crippen molar-refractivity contribution < 1.29 is 18.0 Å². The molecule has 0 aliphatic heterocycles. The summed E-state index contributed by atoms with van der Waals surface area (Å²) >= 11 is 0. The first-order valence-electron chi connectivity index (χ1n) is 8.83. The number of carbonyl (C=O) groups excluding carboxylic acids is 1. The van der Waals surface area contributed by atoms with Gasteiger partial charge < -0.3 is 10.1 Å². The van der Waals surface area contributed by atoms with Crippen LogP contribution in [0.25, 0.3) is 0 Å². The summed E-state index contributed by atoms with van der Waals surface area (Å²) in [5, 5.41) is 6.92. The van der Waals surface area contributed by atoms with Gasteiger partial charge in [-0.2, -0.15) is 10.1 Å². The fourth-order valence-electron chi connectivity index (χ4n) is 2.64. The molecule has 1 N–H and O–H groups in total. The van der Waals surface area contributed by atoms with Crippen molar-refractivity contribution in [1.29, 1.82) is 0 Å². The second kappa shape index (κ2) is 10.4. The van der Waals surface area contributed by atoms with Gasteiger partial charge in [0.25, 0.3) is 5.56 Å². The number of hydrogen-bond acceptors (Lipinski definition) is 5. The van der Waals surface area contributed by atoms with Crippen molar-refractivity contribution in [3.05, 3.63) is 69.4 Å². The summed E-state index contributed by atoms with van der Waals surface area (Å²) in [4.78, 5) is 26.2. The van der Waals surface area contributed by atoms with Crippen molar-refractivity contribution in [2.75, 3.05) is 12.0 Å². The maximum absolute atomic E-state index is 13.4. The predicted octanol–water partition coefficient (Wildman–Crippen LogP) is 3.54. The van der Waals surface area contributed by atoms with E-state index in [1.54, 1.807) is 12.1 Å². The molecular weight excluding hydrogens is 385 g/mol. The number of alkyl halides is 2. The molecule has 6 nitrogen and oxygen atoms in total. The first kappa shape index (κ1) is 22.1. The normalized spacial score (nSPS) is 13.3. The Morgan fingerprint density at radius 2 is 2.14 bits per heavy atom. The standard InChI is InChI=1S/C20H21F3N4O2/c1-13-7-15(5-6-28)3-4-18(13)25-20-26-19(29)11-24-27(20)12-16(8-14(2)22)9-17(23)10-21/h3-4,6-9,11,14H,5,10,12H2,1-2H3,(H,25,26,29)/b16-8+,17-9+. The van der Waals surface area contributed by atoms with Gasteiger partial charge in [0.15, 0.2) is 0 Å². The third-order valence-corrected chi connectivity index (χ3v) is 3.87. The van der Waals surface area contributed by atoms with Crippen molar-refractivity contribution in [2.45, 2.75) is 33.0 Å². The highest BCUT2D eigenvalue weighted by molar-refractivity contribution is 5.62. The number of aromatic nitrogens is 3. The van der Waals surface area contributed by atoms with E-state index in [0.717, 1.165) is 35.8 Å². The Kier molecular flexibility index (Phi) is 7.88. The van der Waals surface area contributed by atoms with E-state index in [-0.39, 0.29) is 24.5 Å². The Balaban J connectivity index is 2.38. The number of allylic oxidation sites excluding steroid dienone is 4. The number of benzene rings is 1. The zero-order valence-electron chi connectivity index (χ0n) is 16.0. The molecular formula is C20H21F3N4O2. The molecule has 29 heavy (non-hydrogen) atoms. The first-order valence-corrected chi connectivity index (χ1v) is 8.83. The highest BCUT2D eigenvalue weighted by Gasteiger charge is 2.10. The fraction of sp³-hybridized carbons (Fsp3) is 0.300. The average Bonchev–Trinajstić information content (AvgIpc) is 2.65. The van der Waals surface area contributed by atoms with Gasteiger partial charge in [0, 0.05) is 12.1 Å². The van der Waals surface area contributed by atoms with Gasteiger partial charge in [0.05, 0.1) is 6.54 Å². The van der Waals surface area contributed by atoms with Gasteiger partial charge in [-0.15, -0.1) is 0 Å². The van der Waals surface area contributed by atoms with E-state index in [4.69, 9.17) is 0 Å². The molecule has 1 atom stereocenters. The van der Waals surface area contributed by atoms with Crippen LogP contribution in [0.3, 0.4) is 0 Å². The number of aldehydes is 1. The summed E-state index contributed by atoms with van der Waals surface area (Å²) < 4.78 is 40.6. The monoisotopic (exact) mass is 406 g/mol. The van der Waals surface area contributed by atoms with Crippen molar-refractivity contribution in [3.8, 4) is 0 Å². The van der Waals surface area contributed by atoms with Crippen LogP contribution in [0.15, 0.2) is 52.7 Å². The molecule has 2 aromatic rings. The Bertz CT molecular complexity index is 984. The number of nitrogens with one attached hydrogen (secondary N) is 1. The highest BCUT2D eigenvalue weighted by Crippen LogP contribution is 2.21. The average molecular weight is 406 g/mol. The minimum atomic E-state index is -1.40. The maximum Gasteiger partial charge on any atom is 0.293 e. The van der Waals surface area contributed by atoms with Crippen LogP contribution in [0.5, 0.6) is 0 Å². The van der Waals surface area contributed by atoms with E-state index < -0.39 is 24.2 Å². The Morgan fingerprint density at radius 1 is 1.38 bits per heavy atom. The van der Waals surface area contributed by atoms with Gasteiger partial charge in [0.2, 0.25) is 5.95 Å². The summed E-state index contributed by atoms with van der Waals surface area (Å²) in [7, 11) is 0. The molecule has 1 heterocycles. The lowest BCUT2D eigenvalue weighted by molar-refractivity contribution is -0.107. The van der Waals surface area contributed by atoms with Crippen LogP contribution in [0.4, 0.5) is 24.8 Å². The summed E-state index contributed by atoms with van der Waals surface area (Å²) in [6, 6.07) is 5.28. The Morgan fingerprint density at radius 3 is 2.76 bits per heavy atom. The molecule has 1 aromatic carbocycles. The molecule has 0 saturated heterocycles. The molecule has 1 unspecified atom stereocenters. The minimum Gasteiger partial charge on any atom is -0.324 e. The second-order valence-corrected chi connectivity index (χ2v) is 6.36. The third kappa shape index (κ3) is 6.70. The third-order valence-electron chi connectivity index (χ3n) is 3.87. The number of anilines is 2. The molecule has 0 saturated carbocycles. The van der Waals surface area contributed by atoms with Crippen LogP contribution in [0, 0.1) is 6.92 Å². The van der Waals surface area contributed by atoms with Crippen molar-refractivity contribution >= 4 is 17.9 Å². The number of carbonyl (C=O) groups is 1. The van der Waals surface area contributed by atoms with Crippen LogP contribution in [0.2, 0.25) is 0 Å². The molecule has 154 valence electrons. The summed E-state index contributed by atoms with van der Waals surface area (Å²) in [6.07, 6.45) is 2.66. The van der Waals surface area contributed by atoms with Crippen LogP contribution in [-0.4, -0.2) is 33.9 Å². The number of rotatable bonds is 9. The van der Waals surface area contributed by atoms with Gasteiger partial charge in [-0.05, 0) is 48.8 Å². The fourth-order valence-corrected chi connectivity index (χ4v) is 2.64. The highest BCUT2D eigenvalue weighted by atomic mass is 19.2. The molecule has 0 aliphatic rings. The number of nitrogens with zero attached hydrogens (tertiary/aromatic N) is 3. The maximum atomic E-state index is 13.4. The molecule has 9 heteroatoms. The predicted molar refractivity (Wildman–Crippen MR) is 104 cm³/mol. The molecule has 2 rings (SSSR count). The SMILES string of the molecule is Cc1cc(CC=O)ccc1Nc1nc(=O)cnn1CC(/C=C(/F)CF)=C/C(C)F.